The molecule has 0 spiro atoms. The van der Waals surface area contributed by atoms with E-state index in [1.54, 1.807) is 12.4 Å². The predicted octanol–water partition coefficient (Wildman–Crippen LogP) is 4.57. The molecule has 0 saturated carbocycles. The maximum Gasteiger partial charge on any atom is 0.256 e. The van der Waals surface area contributed by atoms with Crippen molar-refractivity contribution < 1.29 is 4.79 Å². The Morgan fingerprint density at radius 3 is 2.38 bits per heavy atom. The van der Waals surface area contributed by atoms with E-state index >= 15 is 0 Å². The highest BCUT2D eigenvalue weighted by Gasteiger charge is 2.12. The summed E-state index contributed by atoms with van der Waals surface area (Å²) >= 11 is 0. The number of hydrogen-bond donors (Lipinski definition) is 1. The molecule has 2 aromatic carbocycles. The van der Waals surface area contributed by atoms with Crippen molar-refractivity contribution >= 4 is 23.2 Å². The first-order chi connectivity index (χ1) is 11.7. The van der Waals surface area contributed by atoms with Crippen molar-refractivity contribution in [2.24, 2.45) is 0 Å². The third-order valence-electron chi connectivity index (χ3n) is 3.63. The van der Waals surface area contributed by atoms with Gasteiger partial charge in [-0.05, 0) is 42.3 Å². The standard InChI is InChI=1S/C21H18N2O/c1-16-9-11-19(12-10-16)23-21(24)20(18-7-3-2-4-8-18)14-17-6-5-13-22-15-17/h2-15H,1H3,(H,23,24). The quantitative estimate of drug-likeness (QED) is 0.717. The minimum Gasteiger partial charge on any atom is -0.322 e. The Bertz CT molecular complexity index is 838. The van der Waals surface area contributed by atoms with Gasteiger partial charge in [0.15, 0.2) is 0 Å². The van der Waals surface area contributed by atoms with Crippen LogP contribution < -0.4 is 5.32 Å². The van der Waals surface area contributed by atoms with Crippen molar-refractivity contribution in [3.8, 4) is 0 Å². The molecule has 0 fully saturated rings. The molecule has 3 rings (SSSR count). The summed E-state index contributed by atoms with van der Waals surface area (Å²) in [6.45, 7) is 2.02. The van der Waals surface area contributed by atoms with Gasteiger partial charge in [0.1, 0.15) is 0 Å². The van der Waals surface area contributed by atoms with Crippen molar-refractivity contribution in [3.63, 3.8) is 0 Å². The molecule has 3 heteroatoms. The summed E-state index contributed by atoms with van der Waals surface area (Å²) in [5.41, 5.74) is 4.28. The Morgan fingerprint density at radius 2 is 1.71 bits per heavy atom. The number of aromatic nitrogens is 1. The van der Waals surface area contributed by atoms with E-state index in [2.05, 4.69) is 10.3 Å². The van der Waals surface area contributed by atoms with Gasteiger partial charge in [0.05, 0.1) is 0 Å². The minimum atomic E-state index is -0.145. The Morgan fingerprint density at radius 1 is 0.958 bits per heavy atom. The molecule has 0 unspecified atom stereocenters. The average molecular weight is 314 g/mol. The molecule has 3 aromatic rings. The van der Waals surface area contributed by atoms with E-state index in [0.717, 1.165) is 22.4 Å². The van der Waals surface area contributed by atoms with Gasteiger partial charge in [-0.2, -0.15) is 0 Å². The minimum absolute atomic E-state index is 0.145. The zero-order chi connectivity index (χ0) is 16.8. The van der Waals surface area contributed by atoms with Crippen LogP contribution in [0.15, 0.2) is 79.1 Å². The summed E-state index contributed by atoms with van der Waals surface area (Å²) in [4.78, 5) is 16.9. The van der Waals surface area contributed by atoms with E-state index in [1.165, 1.54) is 0 Å². The van der Waals surface area contributed by atoms with Crippen molar-refractivity contribution in [1.29, 1.82) is 0 Å². The third-order valence-corrected chi connectivity index (χ3v) is 3.63. The van der Waals surface area contributed by atoms with Gasteiger partial charge in [0.25, 0.3) is 5.91 Å². The second kappa shape index (κ2) is 7.38. The molecular formula is C21H18N2O. The van der Waals surface area contributed by atoms with Crippen LogP contribution in [0.5, 0.6) is 0 Å². The third kappa shape index (κ3) is 3.96. The Balaban J connectivity index is 1.94. The Kier molecular flexibility index (Phi) is 4.82. The number of benzene rings is 2. The van der Waals surface area contributed by atoms with Crippen LogP contribution in [0.2, 0.25) is 0 Å². The largest absolute Gasteiger partial charge is 0.322 e. The molecule has 1 aromatic heterocycles. The molecule has 0 bridgehead atoms. The number of amides is 1. The summed E-state index contributed by atoms with van der Waals surface area (Å²) < 4.78 is 0. The molecule has 3 nitrogen and oxygen atoms in total. The van der Waals surface area contributed by atoms with Crippen molar-refractivity contribution in [3.05, 3.63) is 95.8 Å². The SMILES string of the molecule is Cc1ccc(NC(=O)C(=Cc2cccnc2)c2ccccc2)cc1. The highest BCUT2D eigenvalue weighted by Crippen LogP contribution is 2.20. The van der Waals surface area contributed by atoms with Gasteiger partial charge >= 0.3 is 0 Å². The molecule has 0 aliphatic carbocycles. The molecule has 0 atom stereocenters. The fourth-order valence-electron chi connectivity index (χ4n) is 2.36. The molecule has 0 aliphatic rings. The lowest BCUT2D eigenvalue weighted by atomic mass is 10.0. The lowest BCUT2D eigenvalue weighted by Crippen LogP contribution is -2.13. The Labute approximate surface area is 141 Å². The lowest BCUT2D eigenvalue weighted by Gasteiger charge is -2.10. The number of rotatable bonds is 4. The average Bonchev–Trinajstić information content (AvgIpc) is 2.63. The number of aryl methyl sites for hydroxylation is 1. The van der Waals surface area contributed by atoms with E-state index in [9.17, 15) is 4.79 Å². The molecule has 0 aliphatic heterocycles. The summed E-state index contributed by atoms with van der Waals surface area (Å²) in [6, 6.07) is 21.2. The fourth-order valence-corrected chi connectivity index (χ4v) is 2.36. The smallest absolute Gasteiger partial charge is 0.256 e. The first kappa shape index (κ1) is 15.7. The highest BCUT2D eigenvalue weighted by molar-refractivity contribution is 6.29. The maximum absolute atomic E-state index is 12.8. The van der Waals surface area contributed by atoms with E-state index in [-0.39, 0.29) is 5.91 Å². The number of carbonyl (C=O) groups excluding carboxylic acids is 1. The van der Waals surface area contributed by atoms with Gasteiger partial charge in [-0.25, -0.2) is 0 Å². The molecule has 1 amide bonds. The molecular weight excluding hydrogens is 296 g/mol. The van der Waals surface area contributed by atoms with Gasteiger partial charge in [-0.15, -0.1) is 0 Å². The zero-order valence-electron chi connectivity index (χ0n) is 13.4. The first-order valence-corrected chi connectivity index (χ1v) is 7.77. The number of anilines is 1. The molecule has 0 radical (unpaired) electrons. The number of hydrogen-bond acceptors (Lipinski definition) is 2. The van der Waals surface area contributed by atoms with Crippen molar-refractivity contribution in [2.45, 2.75) is 6.92 Å². The fraction of sp³-hybridized carbons (Fsp3) is 0.0476. The van der Waals surface area contributed by atoms with Gasteiger partial charge < -0.3 is 5.32 Å². The first-order valence-electron chi connectivity index (χ1n) is 7.77. The summed E-state index contributed by atoms with van der Waals surface area (Å²) in [6.07, 6.45) is 5.31. The summed E-state index contributed by atoms with van der Waals surface area (Å²) in [5.74, 6) is -0.145. The van der Waals surface area contributed by atoms with Crippen molar-refractivity contribution in [1.82, 2.24) is 4.98 Å². The van der Waals surface area contributed by atoms with Crippen molar-refractivity contribution in [2.75, 3.05) is 5.32 Å². The van der Waals surface area contributed by atoms with Crippen LogP contribution in [0, 0.1) is 6.92 Å². The lowest BCUT2D eigenvalue weighted by molar-refractivity contribution is -0.111. The summed E-state index contributed by atoms with van der Waals surface area (Å²) in [5, 5.41) is 2.96. The van der Waals surface area contributed by atoms with Gasteiger partial charge in [0, 0.05) is 23.7 Å². The van der Waals surface area contributed by atoms with Crippen LogP contribution in [0.3, 0.4) is 0 Å². The van der Waals surface area contributed by atoms with Crippen LogP contribution in [0.4, 0.5) is 5.69 Å². The normalized spacial score (nSPS) is 11.1. The van der Waals surface area contributed by atoms with E-state index in [4.69, 9.17) is 0 Å². The molecule has 24 heavy (non-hydrogen) atoms. The van der Waals surface area contributed by atoms with E-state index in [1.807, 2.05) is 79.7 Å². The van der Waals surface area contributed by atoms with Gasteiger partial charge in [0.2, 0.25) is 0 Å². The molecule has 1 heterocycles. The summed E-state index contributed by atoms with van der Waals surface area (Å²) in [7, 11) is 0. The number of pyridine rings is 1. The van der Waals surface area contributed by atoms with Gasteiger partial charge in [-0.3, -0.25) is 9.78 Å². The molecule has 118 valence electrons. The highest BCUT2D eigenvalue weighted by atomic mass is 16.1. The number of nitrogens with one attached hydrogen (secondary N) is 1. The van der Waals surface area contributed by atoms with Crippen LogP contribution in [-0.4, -0.2) is 10.9 Å². The van der Waals surface area contributed by atoms with E-state index < -0.39 is 0 Å². The number of nitrogens with zero attached hydrogens (tertiary/aromatic N) is 1. The number of carbonyl (C=O) groups is 1. The van der Waals surface area contributed by atoms with Gasteiger partial charge in [-0.1, -0.05) is 54.1 Å². The topological polar surface area (TPSA) is 42.0 Å². The van der Waals surface area contributed by atoms with E-state index in [0.29, 0.717) is 5.57 Å². The Hall–Kier alpha value is -3.20. The van der Waals surface area contributed by atoms with Crippen LogP contribution in [0.25, 0.3) is 11.6 Å². The van der Waals surface area contributed by atoms with Crippen LogP contribution in [0.1, 0.15) is 16.7 Å². The second-order valence-electron chi connectivity index (χ2n) is 5.53. The van der Waals surface area contributed by atoms with Crippen LogP contribution >= 0.6 is 0 Å². The van der Waals surface area contributed by atoms with Crippen LogP contribution in [-0.2, 0) is 4.79 Å². The second-order valence-corrected chi connectivity index (χ2v) is 5.53. The monoisotopic (exact) mass is 314 g/mol. The zero-order valence-corrected chi connectivity index (χ0v) is 13.4. The molecule has 0 saturated heterocycles. The molecule has 1 N–H and O–H groups in total. The predicted molar refractivity (Wildman–Crippen MR) is 98.4 cm³/mol. The maximum atomic E-state index is 12.8.